The molecule has 0 bridgehead atoms. The number of nitrogens with zero attached hydrogens (tertiary/aromatic N) is 1. The third-order valence-corrected chi connectivity index (χ3v) is 5.22. The minimum absolute atomic E-state index is 0. The van der Waals surface area contributed by atoms with Gasteiger partial charge in [-0.3, -0.25) is 4.99 Å². The summed E-state index contributed by atoms with van der Waals surface area (Å²) >= 11 is 0. The van der Waals surface area contributed by atoms with Crippen molar-refractivity contribution in [1.29, 1.82) is 0 Å². The maximum Gasteiger partial charge on any atom is 0.191 e. The van der Waals surface area contributed by atoms with Gasteiger partial charge in [-0.2, -0.15) is 0 Å². The molecule has 2 aromatic carbocycles. The van der Waals surface area contributed by atoms with Gasteiger partial charge >= 0.3 is 0 Å². The number of methoxy groups -OCH3 is 1. The second kappa shape index (κ2) is 10.5. The number of nitrogens with one attached hydrogen (secondary N) is 2. The molecule has 0 saturated heterocycles. The standard InChI is InChI=1S/C19H25N3O3S.HI/c1-14-11-15(9-10-18(14)26(4,23)24)12-21-19(20-2)22-13-16-7-5-6-8-17(16)25-3;/h5-11H,12-13H2,1-4H3,(H2,20,21,22);1H. The van der Waals surface area contributed by atoms with Gasteiger partial charge in [-0.25, -0.2) is 8.42 Å². The van der Waals surface area contributed by atoms with Crippen LogP contribution < -0.4 is 15.4 Å². The van der Waals surface area contributed by atoms with Gasteiger partial charge in [0.15, 0.2) is 15.8 Å². The lowest BCUT2D eigenvalue weighted by Gasteiger charge is -2.14. The van der Waals surface area contributed by atoms with E-state index >= 15 is 0 Å². The van der Waals surface area contributed by atoms with Crippen LogP contribution >= 0.6 is 24.0 Å². The van der Waals surface area contributed by atoms with Crippen LogP contribution in [0, 0.1) is 6.92 Å². The first-order valence-corrected chi connectivity index (χ1v) is 10.1. The number of para-hydroxylation sites is 1. The molecular weight excluding hydrogens is 477 g/mol. The lowest BCUT2D eigenvalue weighted by molar-refractivity contribution is 0.409. The molecule has 0 radical (unpaired) electrons. The lowest BCUT2D eigenvalue weighted by Crippen LogP contribution is -2.36. The van der Waals surface area contributed by atoms with Crippen molar-refractivity contribution in [2.75, 3.05) is 20.4 Å². The molecule has 0 aliphatic heterocycles. The van der Waals surface area contributed by atoms with Gasteiger partial charge in [0.05, 0.1) is 12.0 Å². The molecule has 0 fully saturated rings. The predicted octanol–water partition coefficient (Wildman–Crippen LogP) is 2.89. The predicted molar refractivity (Wildman–Crippen MR) is 120 cm³/mol. The zero-order valence-electron chi connectivity index (χ0n) is 15.9. The average Bonchev–Trinajstić information content (AvgIpc) is 2.61. The molecule has 0 aliphatic rings. The van der Waals surface area contributed by atoms with Crippen molar-refractivity contribution in [1.82, 2.24) is 10.6 Å². The number of guanidine groups is 1. The summed E-state index contributed by atoms with van der Waals surface area (Å²) in [5.41, 5.74) is 2.75. The Morgan fingerprint density at radius 2 is 1.78 bits per heavy atom. The maximum atomic E-state index is 11.7. The van der Waals surface area contributed by atoms with Crippen molar-refractivity contribution in [3.63, 3.8) is 0 Å². The number of sulfone groups is 1. The topological polar surface area (TPSA) is 79.8 Å². The van der Waals surface area contributed by atoms with Crippen molar-refractivity contribution < 1.29 is 13.2 Å². The molecule has 0 spiro atoms. The number of hydrogen-bond acceptors (Lipinski definition) is 4. The molecular formula is C19H26IN3O3S. The fraction of sp³-hybridized carbons (Fsp3) is 0.316. The zero-order chi connectivity index (χ0) is 19.2. The third-order valence-electron chi connectivity index (χ3n) is 3.96. The Kier molecular flexibility index (Phi) is 9.04. The van der Waals surface area contributed by atoms with Gasteiger partial charge in [0.25, 0.3) is 0 Å². The molecule has 6 nitrogen and oxygen atoms in total. The second-order valence-corrected chi connectivity index (χ2v) is 7.95. The van der Waals surface area contributed by atoms with E-state index in [2.05, 4.69) is 15.6 Å². The Morgan fingerprint density at radius 1 is 1.11 bits per heavy atom. The van der Waals surface area contributed by atoms with Gasteiger partial charge in [-0.05, 0) is 30.2 Å². The van der Waals surface area contributed by atoms with Crippen LogP contribution in [0.1, 0.15) is 16.7 Å². The minimum atomic E-state index is -3.20. The Morgan fingerprint density at radius 3 is 2.37 bits per heavy atom. The van der Waals surface area contributed by atoms with Crippen molar-refractivity contribution in [2.24, 2.45) is 4.99 Å². The van der Waals surface area contributed by atoms with Crippen molar-refractivity contribution >= 4 is 39.8 Å². The highest BCUT2D eigenvalue weighted by Gasteiger charge is 2.11. The number of hydrogen-bond donors (Lipinski definition) is 2. The SMILES string of the molecule is CN=C(NCc1ccc(S(C)(=O)=O)c(C)c1)NCc1ccccc1OC.I. The van der Waals surface area contributed by atoms with Crippen LogP contribution in [0.2, 0.25) is 0 Å². The summed E-state index contributed by atoms with van der Waals surface area (Å²) in [5.74, 6) is 1.48. The van der Waals surface area contributed by atoms with Crippen LogP contribution in [0.15, 0.2) is 52.4 Å². The fourth-order valence-corrected chi connectivity index (χ4v) is 3.63. The average molecular weight is 503 g/mol. The summed E-state index contributed by atoms with van der Waals surface area (Å²) in [7, 11) is 0.151. The molecule has 8 heteroatoms. The Labute approximate surface area is 178 Å². The van der Waals surface area contributed by atoms with E-state index < -0.39 is 9.84 Å². The number of ether oxygens (including phenoxy) is 1. The first-order valence-electron chi connectivity index (χ1n) is 8.21. The molecule has 0 saturated carbocycles. The highest BCUT2D eigenvalue weighted by molar-refractivity contribution is 14.0. The summed E-state index contributed by atoms with van der Waals surface area (Å²) in [5, 5.41) is 6.47. The Hall–Kier alpha value is -1.81. The van der Waals surface area contributed by atoms with E-state index in [0.29, 0.717) is 23.9 Å². The van der Waals surface area contributed by atoms with Gasteiger partial charge in [-0.15, -0.1) is 24.0 Å². The molecule has 0 aliphatic carbocycles. The van der Waals surface area contributed by atoms with Crippen molar-refractivity contribution in [2.45, 2.75) is 24.9 Å². The van der Waals surface area contributed by atoms with Gasteiger partial charge in [0, 0.05) is 32.0 Å². The van der Waals surface area contributed by atoms with Crippen LogP contribution in [0.5, 0.6) is 5.75 Å². The van der Waals surface area contributed by atoms with Crippen LogP contribution in [-0.2, 0) is 22.9 Å². The van der Waals surface area contributed by atoms with Crippen LogP contribution in [0.3, 0.4) is 0 Å². The smallest absolute Gasteiger partial charge is 0.191 e. The monoisotopic (exact) mass is 503 g/mol. The number of rotatable bonds is 6. The second-order valence-electron chi connectivity index (χ2n) is 5.96. The third kappa shape index (κ3) is 6.69. The Balaban J connectivity index is 0.00000364. The van der Waals surface area contributed by atoms with Crippen LogP contribution in [0.4, 0.5) is 0 Å². The van der Waals surface area contributed by atoms with Crippen LogP contribution in [0.25, 0.3) is 0 Å². The van der Waals surface area contributed by atoms with Crippen molar-refractivity contribution in [3.05, 3.63) is 59.2 Å². The lowest BCUT2D eigenvalue weighted by atomic mass is 10.1. The highest BCUT2D eigenvalue weighted by Crippen LogP contribution is 2.17. The summed E-state index contributed by atoms with van der Waals surface area (Å²) in [6.07, 6.45) is 1.22. The van der Waals surface area contributed by atoms with E-state index in [1.807, 2.05) is 36.4 Å². The first-order chi connectivity index (χ1) is 12.3. The van der Waals surface area contributed by atoms with Gasteiger partial charge in [0.1, 0.15) is 5.75 Å². The fourth-order valence-electron chi connectivity index (χ4n) is 2.67. The van der Waals surface area contributed by atoms with E-state index in [-0.39, 0.29) is 24.0 Å². The molecule has 0 amide bonds. The number of benzene rings is 2. The van der Waals surface area contributed by atoms with Crippen molar-refractivity contribution in [3.8, 4) is 5.75 Å². The van der Waals surface area contributed by atoms with E-state index in [4.69, 9.17) is 4.74 Å². The summed E-state index contributed by atoms with van der Waals surface area (Å²) in [6.45, 7) is 2.92. The molecule has 0 atom stereocenters. The van der Waals surface area contributed by atoms with Crippen LogP contribution in [-0.4, -0.2) is 34.8 Å². The molecule has 148 valence electrons. The van der Waals surface area contributed by atoms with Gasteiger partial charge in [0.2, 0.25) is 0 Å². The number of aryl methyl sites for hydroxylation is 1. The summed E-state index contributed by atoms with van der Waals surface area (Å²) < 4.78 is 28.7. The first kappa shape index (κ1) is 23.2. The number of halogens is 1. The summed E-state index contributed by atoms with van der Waals surface area (Å²) in [6, 6.07) is 13.1. The largest absolute Gasteiger partial charge is 0.496 e. The van der Waals surface area contributed by atoms with Gasteiger partial charge in [-0.1, -0.05) is 30.3 Å². The normalized spacial score (nSPS) is 11.5. The molecule has 2 aromatic rings. The van der Waals surface area contributed by atoms with E-state index in [9.17, 15) is 8.42 Å². The Bertz CT molecular complexity index is 899. The highest BCUT2D eigenvalue weighted by atomic mass is 127. The van der Waals surface area contributed by atoms with E-state index in [1.165, 1.54) is 6.26 Å². The van der Waals surface area contributed by atoms with E-state index in [0.717, 1.165) is 22.4 Å². The molecule has 27 heavy (non-hydrogen) atoms. The zero-order valence-corrected chi connectivity index (χ0v) is 19.1. The molecule has 2 rings (SSSR count). The molecule has 0 heterocycles. The van der Waals surface area contributed by atoms with Gasteiger partial charge < -0.3 is 15.4 Å². The molecule has 2 N–H and O–H groups in total. The quantitative estimate of drug-likeness (QED) is 0.360. The maximum absolute atomic E-state index is 11.7. The van der Waals surface area contributed by atoms with E-state index in [1.54, 1.807) is 27.1 Å². The number of aliphatic imine (C=N–C) groups is 1. The summed E-state index contributed by atoms with van der Waals surface area (Å²) in [4.78, 5) is 4.57. The molecule has 0 aromatic heterocycles. The minimum Gasteiger partial charge on any atom is -0.496 e. The molecule has 0 unspecified atom stereocenters.